The normalized spacial score (nSPS) is 22.8. The van der Waals surface area contributed by atoms with Crippen LogP contribution in [0.4, 0.5) is 23.7 Å². The number of amides is 4. The van der Waals surface area contributed by atoms with Gasteiger partial charge in [-0.1, -0.05) is 11.6 Å². The molecule has 3 aliphatic rings. The number of carbonyl (C=O) groups excluding carboxylic acids is 4. The molecule has 4 rings (SSSR count). The van der Waals surface area contributed by atoms with E-state index < -0.39 is 48.2 Å². The van der Waals surface area contributed by atoms with Crippen LogP contribution in [0, 0.1) is 5.41 Å². The van der Waals surface area contributed by atoms with Crippen molar-refractivity contribution in [1.29, 1.82) is 0 Å². The third-order valence-corrected chi connectivity index (χ3v) is 8.36. The van der Waals surface area contributed by atoms with E-state index in [0.29, 0.717) is 6.54 Å². The molecular formula is C26H32ClF3N4O7. The molecule has 2 aliphatic heterocycles. The summed E-state index contributed by atoms with van der Waals surface area (Å²) in [5.74, 6) is -2.09. The minimum absolute atomic E-state index is 0.0126. The smallest absolute Gasteiger partial charge is 0.467 e. The first-order valence-electron chi connectivity index (χ1n) is 13.2. The molecule has 1 aliphatic carbocycles. The molecule has 15 heteroatoms. The van der Waals surface area contributed by atoms with Crippen LogP contribution in [-0.4, -0.2) is 101 Å². The number of nitrogens with zero attached hydrogens (tertiary/aromatic N) is 3. The second-order valence-corrected chi connectivity index (χ2v) is 11.0. The van der Waals surface area contributed by atoms with E-state index >= 15 is 0 Å². The number of methoxy groups -OCH3 is 1. The van der Waals surface area contributed by atoms with Gasteiger partial charge in [-0.3, -0.25) is 9.59 Å². The summed E-state index contributed by atoms with van der Waals surface area (Å²) in [6.45, 7) is 2.27. The van der Waals surface area contributed by atoms with Crippen molar-refractivity contribution >= 4 is 41.1 Å². The number of hydrogen-bond donors (Lipinski definition) is 2. The van der Waals surface area contributed by atoms with Gasteiger partial charge in [-0.25, -0.2) is 9.59 Å². The van der Waals surface area contributed by atoms with Gasteiger partial charge in [-0.2, -0.15) is 0 Å². The van der Waals surface area contributed by atoms with Gasteiger partial charge < -0.3 is 34.6 Å². The van der Waals surface area contributed by atoms with Gasteiger partial charge in [0, 0.05) is 38.3 Å². The molecule has 3 atom stereocenters. The van der Waals surface area contributed by atoms with Crippen LogP contribution in [0.2, 0.25) is 5.02 Å². The molecule has 1 aromatic carbocycles. The molecule has 1 spiro atoms. The lowest BCUT2D eigenvalue weighted by Gasteiger charge is -2.42. The highest BCUT2D eigenvalue weighted by Gasteiger charge is 2.52. The van der Waals surface area contributed by atoms with Gasteiger partial charge in [0.2, 0.25) is 11.8 Å². The molecule has 41 heavy (non-hydrogen) atoms. The fourth-order valence-electron chi connectivity index (χ4n) is 5.40. The van der Waals surface area contributed by atoms with Crippen molar-refractivity contribution in [1.82, 2.24) is 14.7 Å². The molecule has 2 saturated heterocycles. The lowest BCUT2D eigenvalue weighted by atomic mass is 9.90. The first kappa shape index (κ1) is 30.7. The lowest BCUT2D eigenvalue weighted by molar-refractivity contribution is -0.274. The van der Waals surface area contributed by atoms with E-state index in [1.54, 1.807) is 4.90 Å². The number of nitrogens with one attached hydrogen (secondary N) is 1. The van der Waals surface area contributed by atoms with Crippen LogP contribution in [-0.2, 0) is 19.1 Å². The number of ether oxygens (including phenoxy) is 2. The molecule has 0 aromatic heterocycles. The molecule has 2 N–H and O–H groups in total. The monoisotopic (exact) mass is 604 g/mol. The number of esters is 1. The number of piperidine rings is 1. The minimum atomic E-state index is -4.94. The average molecular weight is 605 g/mol. The van der Waals surface area contributed by atoms with Crippen molar-refractivity contribution in [3.8, 4) is 5.75 Å². The number of carbonyl (C=O) groups is 4. The fourth-order valence-corrected chi connectivity index (χ4v) is 5.62. The number of urea groups is 1. The van der Waals surface area contributed by atoms with E-state index in [-0.39, 0.29) is 54.5 Å². The summed E-state index contributed by atoms with van der Waals surface area (Å²) in [5, 5.41) is 12.5. The summed E-state index contributed by atoms with van der Waals surface area (Å²) in [4.78, 5) is 55.8. The number of hydrogen-bond acceptors (Lipinski definition) is 7. The van der Waals surface area contributed by atoms with Crippen molar-refractivity contribution < 1.29 is 46.9 Å². The van der Waals surface area contributed by atoms with Crippen molar-refractivity contribution in [3.63, 3.8) is 0 Å². The van der Waals surface area contributed by atoms with Crippen LogP contribution in [0.5, 0.6) is 5.75 Å². The third-order valence-electron chi connectivity index (χ3n) is 8.07. The summed E-state index contributed by atoms with van der Waals surface area (Å²) < 4.78 is 46.2. The summed E-state index contributed by atoms with van der Waals surface area (Å²) in [6.07, 6.45) is -2.87. The number of alkyl halides is 3. The molecule has 2 heterocycles. The molecular weight excluding hydrogens is 573 g/mol. The zero-order valence-electron chi connectivity index (χ0n) is 22.6. The molecule has 11 nitrogen and oxygen atoms in total. The van der Waals surface area contributed by atoms with Crippen molar-refractivity contribution in [2.24, 2.45) is 5.41 Å². The Labute approximate surface area is 239 Å². The van der Waals surface area contributed by atoms with Crippen LogP contribution in [0.25, 0.3) is 0 Å². The van der Waals surface area contributed by atoms with Crippen LogP contribution in [0.3, 0.4) is 0 Å². The van der Waals surface area contributed by atoms with E-state index in [9.17, 15) is 37.5 Å². The van der Waals surface area contributed by atoms with Gasteiger partial charge in [-0.15, -0.1) is 13.2 Å². The Bertz CT molecular complexity index is 1200. The van der Waals surface area contributed by atoms with Crippen LogP contribution in [0.1, 0.15) is 39.0 Å². The highest BCUT2D eigenvalue weighted by Crippen LogP contribution is 2.53. The van der Waals surface area contributed by atoms with Gasteiger partial charge >= 0.3 is 18.4 Å². The number of rotatable bonds is 7. The summed E-state index contributed by atoms with van der Waals surface area (Å²) in [5.41, 5.74) is 0.0230. The first-order chi connectivity index (χ1) is 19.2. The maximum Gasteiger partial charge on any atom is 0.573 e. The van der Waals surface area contributed by atoms with Crippen molar-refractivity contribution in [2.75, 3.05) is 38.6 Å². The minimum Gasteiger partial charge on any atom is -0.467 e. The zero-order valence-corrected chi connectivity index (χ0v) is 23.3. The van der Waals surface area contributed by atoms with Gasteiger partial charge in [0.15, 0.2) is 0 Å². The summed E-state index contributed by atoms with van der Waals surface area (Å²) in [6, 6.07) is 0.459. The second-order valence-electron chi connectivity index (χ2n) is 10.6. The van der Waals surface area contributed by atoms with Crippen LogP contribution < -0.4 is 10.1 Å². The maximum absolute atomic E-state index is 13.3. The molecule has 0 radical (unpaired) electrons. The highest BCUT2D eigenvalue weighted by molar-refractivity contribution is 6.32. The van der Waals surface area contributed by atoms with Crippen molar-refractivity contribution in [3.05, 3.63) is 23.2 Å². The van der Waals surface area contributed by atoms with E-state index in [0.717, 1.165) is 31.4 Å². The Morgan fingerprint density at radius 2 is 1.90 bits per heavy atom. The predicted molar refractivity (Wildman–Crippen MR) is 139 cm³/mol. The van der Waals surface area contributed by atoms with Gasteiger partial charge in [0.05, 0.1) is 18.2 Å². The standard InChI is InChI=1S/C26H32ClF3N4O7/c1-15-22(37)34(12-11-33(15)24(39)31-16-3-5-19(17(27)13-16)41-26(28,29)30)18(23(38)40-2)4-6-21(36)32-10-9-25(7-8-25)20(35)14-32/h3,5,13,15,18,20,35H,4,6-12,14H2,1-2H3,(H,31,39). The number of piperazine rings is 1. The molecule has 0 bridgehead atoms. The quantitative estimate of drug-likeness (QED) is 0.458. The maximum atomic E-state index is 13.3. The van der Waals surface area contributed by atoms with E-state index in [4.69, 9.17) is 16.3 Å². The van der Waals surface area contributed by atoms with Crippen LogP contribution >= 0.6 is 11.6 Å². The molecule has 4 amide bonds. The summed E-state index contributed by atoms with van der Waals surface area (Å²) >= 11 is 5.84. The van der Waals surface area contributed by atoms with Crippen molar-refractivity contribution in [2.45, 2.75) is 63.6 Å². The number of likely N-dealkylation sites (tertiary alicyclic amines) is 1. The number of aliphatic hydroxyl groups is 1. The molecule has 226 valence electrons. The number of benzene rings is 1. The first-order valence-corrected chi connectivity index (χ1v) is 13.6. The number of halogens is 4. The number of aliphatic hydroxyl groups excluding tert-OH is 1. The van der Waals surface area contributed by atoms with Gasteiger partial charge in [-0.05, 0) is 56.2 Å². The van der Waals surface area contributed by atoms with Gasteiger partial charge in [0.25, 0.3) is 0 Å². The third kappa shape index (κ3) is 6.97. The molecule has 3 fully saturated rings. The van der Waals surface area contributed by atoms with E-state index in [2.05, 4.69) is 10.1 Å². The zero-order chi connectivity index (χ0) is 30.1. The SMILES string of the molecule is COC(=O)C(CCC(=O)N1CCC2(CC2)C(O)C1)N1CCN(C(=O)Nc2ccc(OC(F)(F)F)c(Cl)c2)C(C)C1=O. The lowest BCUT2D eigenvalue weighted by Crippen LogP contribution is -2.62. The van der Waals surface area contributed by atoms with E-state index in [1.807, 2.05) is 0 Å². The Hall–Kier alpha value is -3.26. The molecule has 1 aromatic rings. The number of anilines is 1. The Kier molecular flexibility index (Phi) is 8.93. The van der Waals surface area contributed by atoms with Gasteiger partial charge in [0.1, 0.15) is 17.8 Å². The topological polar surface area (TPSA) is 129 Å². The predicted octanol–water partition coefficient (Wildman–Crippen LogP) is 3.00. The second kappa shape index (κ2) is 11.9. The Balaban J connectivity index is 1.35. The Morgan fingerprint density at radius 3 is 2.49 bits per heavy atom. The molecule has 3 unspecified atom stereocenters. The Morgan fingerprint density at radius 1 is 1.20 bits per heavy atom. The fraction of sp³-hybridized carbons (Fsp3) is 0.615. The van der Waals surface area contributed by atoms with Crippen LogP contribution in [0.15, 0.2) is 18.2 Å². The summed E-state index contributed by atoms with van der Waals surface area (Å²) in [7, 11) is 1.18. The highest BCUT2D eigenvalue weighted by atomic mass is 35.5. The molecule has 1 saturated carbocycles. The largest absolute Gasteiger partial charge is 0.573 e. The van der Waals surface area contributed by atoms with E-state index in [1.165, 1.54) is 29.9 Å². The average Bonchev–Trinajstić information content (AvgIpc) is 3.69. The number of β-amino-alcohol motifs (C(OH)–C–C–N with tert-alkyl or cyclic N) is 1.